The van der Waals surface area contributed by atoms with Crippen LogP contribution in [0.3, 0.4) is 0 Å². The van der Waals surface area contributed by atoms with Crippen LogP contribution in [-0.4, -0.2) is 96.7 Å². The molecule has 93 heavy (non-hydrogen) atoms. The third-order valence-electron chi connectivity index (χ3n) is 17.6. The lowest BCUT2D eigenvalue weighted by Gasteiger charge is -2.21. The number of rotatable bonds is 73. The summed E-state index contributed by atoms with van der Waals surface area (Å²) in [7, 11) is -9.90. The lowest BCUT2D eigenvalue weighted by atomic mass is 9.99. The minimum absolute atomic E-state index is 0.106. The predicted octanol–water partition coefficient (Wildman–Crippen LogP) is 21.6. The van der Waals surface area contributed by atoms with Gasteiger partial charge in [-0.05, 0) is 37.5 Å². The van der Waals surface area contributed by atoms with Gasteiger partial charge in [0.25, 0.3) is 0 Å². The van der Waals surface area contributed by atoms with E-state index < -0.39 is 97.5 Å². The fraction of sp³-hybridized carbons (Fsp3) is 0.946. The van der Waals surface area contributed by atoms with E-state index in [1.54, 1.807) is 0 Å². The maximum Gasteiger partial charge on any atom is 0.472 e. The van der Waals surface area contributed by atoms with Gasteiger partial charge in [0, 0.05) is 25.7 Å². The first-order valence-electron chi connectivity index (χ1n) is 38.5. The van der Waals surface area contributed by atoms with E-state index in [-0.39, 0.29) is 25.7 Å². The van der Waals surface area contributed by atoms with Crippen LogP contribution in [0.5, 0.6) is 0 Å². The van der Waals surface area contributed by atoms with Crippen molar-refractivity contribution >= 4 is 39.5 Å². The van der Waals surface area contributed by atoms with Crippen molar-refractivity contribution in [3.05, 3.63) is 0 Å². The highest BCUT2D eigenvalue weighted by Crippen LogP contribution is 2.45. The highest BCUT2D eigenvalue weighted by molar-refractivity contribution is 7.47. The van der Waals surface area contributed by atoms with Crippen LogP contribution in [0.4, 0.5) is 0 Å². The predicted molar refractivity (Wildman–Crippen MR) is 377 cm³/mol. The molecule has 6 atom stereocenters. The first-order chi connectivity index (χ1) is 44.9. The van der Waals surface area contributed by atoms with E-state index in [4.69, 9.17) is 37.0 Å². The molecule has 0 spiro atoms. The van der Waals surface area contributed by atoms with Crippen molar-refractivity contribution in [1.82, 2.24) is 0 Å². The van der Waals surface area contributed by atoms with Gasteiger partial charge in [0.2, 0.25) is 0 Å². The van der Waals surface area contributed by atoms with Gasteiger partial charge in [0.15, 0.2) is 12.2 Å². The van der Waals surface area contributed by atoms with Crippen molar-refractivity contribution in [3.63, 3.8) is 0 Å². The van der Waals surface area contributed by atoms with Gasteiger partial charge in [-0.2, -0.15) is 0 Å². The number of ether oxygens (including phenoxy) is 4. The Labute approximate surface area is 568 Å². The van der Waals surface area contributed by atoms with E-state index in [1.165, 1.54) is 199 Å². The topological polar surface area (TPSA) is 237 Å². The Bertz CT molecular complexity index is 1810. The molecule has 0 saturated carbocycles. The molecule has 0 aliphatic rings. The number of aliphatic hydroxyl groups is 1. The van der Waals surface area contributed by atoms with Crippen molar-refractivity contribution < 1.29 is 80.2 Å². The van der Waals surface area contributed by atoms with Crippen molar-refractivity contribution in [1.29, 1.82) is 0 Å². The van der Waals surface area contributed by atoms with Crippen molar-refractivity contribution in [2.75, 3.05) is 39.6 Å². The van der Waals surface area contributed by atoms with Crippen LogP contribution in [0.1, 0.15) is 382 Å². The van der Waals surface area contributed by atoms with Crippen LogP contribution < -0.4 is 0 Å². The lowest BCUT2D eigenvalue weighted by molar-refractivity contribution is -0.161. The van der Waals surface area contributed by atoms with Gasteiger partial charge < -0.3 is 33.8 Å². The summed E-state index contributed by atoms with van der Waals surface area (Å²) in [6.07, 6.45) is 52.7. The Morgan fingerprint density at radius 3 is 0.817 bits per heavy atom. The van der Waals surface area contributed by atoms with E-state index in [0.717, 1.165) is 102 Å². The number of hydrogen-bond donors (Lipinski definition) is 3. The molecule has 0 aliphatic carbocycles. The smallest absolute Gasteiger partial charge is 0.462 e. The fourth-order valence-corrected chi connectivity index (χ4v) is 12.8. The summed E-state index contributed by atoms with van der Waals surface area (Å²) in [5.41, 5.74) is 0. The Kier molecular flexibility index (Phi) is 64.6. The van der Waals surface area contributed by atoms with Crippen molar-refractivity contribution in [3.8, 4) is 0 Å². The number of phosphoric acid groups is 2. The second-order valence-electron chi connectivity index (χ2n) is 27.4. The number of esters is 4. The highest BCUT2D eigenvalue weighted by Gasteiger charge is 2.30. The zero-order chi connectivity index (χ0) is 68.6. The molecular formula is C74H144O17P2. The van der Waals surface area contributed by atoms with Gasteiger partial charge in [0.05, 0.1) is 26.4 Å². The number of carbonyl (C=O) groups is 4. The number of aliphatic hydroxyl groups excluding tert-OH is 1. The molecular weight excluding hydrogens is 1220 g/mol. The molecule has 3 N–H and O–H groups in total. The molecule has 0 heterocycles. The highest BCUT2D eigenvalue weighted by atomic mass is 31.2. The molecule has 0 radical (unpaired) electrons. The first-order valence-corrected chi connectivity index (χ1v) is 41.5. The summed E-state index contributed by atoms with van der Waals surface area (Å²) in [6, 6.07) is 0. The van der Waals surface area contributed by atoms with Crippen LogP contribution in [-0.2, 0) is 65.4 Å². The molecule has 0 aliphatic heterocycles. The third kappa shape index (κ3) is 67.0. The second-order valence-corrected chi connectivity index (χ2v) is 30.3. The summed E-state index contributed by atoms with van der Waals surface area (Å²) < 4.78 is 68.3. The average Bonchev–Trinajstić information content (AvgIpc) is 1.68. The van der Waals surface area contributed by atoms with E-state index >= 15 is 0 Å². The van der Waals surface area contributed by atoms with Gasteiger partial charge in [-0.1, -0.05) is 330 Å². The maximum absolute atomic E-state index is 13.1. The summed E-state index contributed by atoms with van der Waals surface area (Å²) >= 11 is 0. The maximum atomic E-state index is 13.1. The molecule has 0 bridgehead atoms. The molecule has 0 fully saturated rings. The van der Waals surface area contributed by atoms with Crippen molar-refractivity contribution in [2.45, 2.75) is 400 Å². The second kappa shape index (κ2) is 66.0. The minimum atomic E-state index is -4.96. The monoisotopic (exact) mass is 1370 g/mol. The SMILES string of the molecule is CCCCCCCCCCCC(=O)OC[C@H](COP(=O)(O)OC[C@H](O)COP(=O)(O)OC[C@@H](COC(=O)CCCCCCCCCCCCCCCCC(C)C)OC(=O)CCCCCCCCCCCCCCCCC(C)CC)OC(=O)CCCCCCCCCCC. The summed E-state index contributed by atoms with van der Waals surface area (Å²) in [5, 5.41) is 10.6. The van der Waals surface area contributed by atoms with Gasteiger partial charge in [-0.3, -0.25) is 37.3 Å². The molecule has 0 amide bonds. The van der Waals surface area contributed by atoms with Gasteiger partial charge in [0.1, 0.15) is 19.3 Å². The largest absolute Gasteiger partial charge is 0.472 e. The Morgan fingerprint density at radius 2 is 0.548 bits per heavy atom. The standard InChI is InChI=1S/C74H144O17P2/c1-7-10-12-14-16-30-38-44-50-56-71(76)84-62-69(90-73(78)58-52-46-40-31-17-15-13-11-8-2)64-88-92(80,81)86-60-68(75)61-87-93(82,83)89-65-70(63-85-72(77)57-51-45-39-34-28-24-20-18-22-26-32-36-42-48-54-66(4)5)91-74(79)59-53-47-41-35-29-25-21-19-23-27-33-37-43-49-55-67(6)9-3/h66-70,75H,7-65H2,1-6H3,(H,80,81)(H,82,83)/t67?,68-,69+,70+/m0/s1. The van der Waals surface area contributed by atoms with E-state index in [1.807, 2.05) is 0 Å². The molecule has 0 aromatic carbocycles. The lowest BCUT2D eigenvalue weighted by Crippen LogP contribution is -2.30. The molecule has 0 aromatic heterocycles. The minimum Gasteiger partial charge on any atom is -0.462 e. The number of unbranched alkanes of at least 4 members (excludes halogenated alkanes) is 42. The van der Waals surface area contributed by atoms with Crippen molar-refractivity contribution in [2.24, 2.45) is 11.8 Å². The average molecular weight is 1370 g/mol. The van der Waals surface area contributed by atoms with Gasteiger partial charge in [-0.25, -0.2) is 9.13 Å². The third-order valence-corrected chi connectivity index (χ3v) is 19.5. The van der Waals surface area contributed by atoms with E-state index in [2.05, 4.69) is 41.5 Å². The quantitative estimate of drug-likeness (QED) is 0.0222. The number of carbonyl (C=O) groups excluding carboxylic acids is 4. The summed E-state index contributed by atoms with van der Waals surface area (Å²) in [5.74, 6) is -0.475. The van der Waals surface area contributed by atoms with Gasteiger partial charge >= 0.3 is 39.5 Å². The number of hydrogen-bond acceptors (Lipinski definition) is 15. The molecule has 0 rings (SSSR count). The molecule has 17 nitrogen and oxygen atoms in total. The zero-order valence-corrected chi connectivity index (χ0v) is 62.3. The first kappa shape index (κ1) is 91.1. The summed E-state index contributed by atoms with van der Waals surface area (Å²) in [6.45, 7) is 9.63. The van der Waals surface area contributed by atoms with Crippen LogP contribution in [0.25, 0.3) is 0 Å². The molecule has 19 heteroatoms. The molecule has 0 aromatic rings. The Hall–Kier alpha value is -1.94. The summed E-state index contributed by atoms with van der Waals surface area (Å²) in [4.78, 5) is 72.6. The van der Waals surface area contributed by atoms with Gasteiger partial charge in [-0.15, -0.1) is 0 Å². The van der Waals surface area contributed by atoms with Crippen LogP contribution in [0.2, 0.25) is 0 Å². The number of phosphoric ester groups is 2. The van der Waals surface area contributed by atoms with E-state index in [9.17, 15) is 43.2 Å². The van der Waals surface area contributed by atoms with Crippen LogP contribution >= 0.6 is 15.6 Å². The molecule has 0 saturated heterocycles. The van der Waals surface area contributed by atoms with Crippen LogP contribution in [0.15, 0.2) is 0 Å². The zero-order valence-electron chi connectivity index (χ0n) is 60.6. The Morgan fingerprint density at radius 1 is 0.312 bits per heavy atom. The molecule has 3 unspecified atom stereocenters. The van der Waals surface area contributed by atoms with Crippen LogP contribution in [0, 0.1) is 11.8 Å². The van der Waals surface area contributed by atoms with E-state index in [0.29, 0.717) is 25.7 Å². The fourth-order valence-electron chi connectivity index (χ4n) is 11.3. The Balaban J connectivity index is 5.20. The normalized spacial score (nSPS) is 14.3. The molecule has 552 valence electrons.